The van der Waals surface area contributed by atoms with Gasteiger partial charge in [0.15, 0.2) is 11.6 Å². The Bertz CT molecular complexity index is 870. The van der Waals surface area contributed by atoms with Crippen molar-refractivity contribution in [1.29, 1.82) is 0 Å². The summed E-state index contributed by atoms with van der Waals surface area (Å²) >= 11 is 0. The SMILES string of the molecule is NC(=O)C1CCN(CCCCNC(=O)Nc2c(F)cccc2Oc2ccccc2)CC1. The molecule has 3 rings (SSSR count). The lowest BCUT2D eigenvalue weighted by Gasteiger charge is -2.30. The molecule has 0 radical (unpaired) electrons. The summed E-state index contributed by atoms with van der Waals surface area (Å²) in [6.45, 7) is 3.14. The molecular weight excluding hydrogens is 399 g/mol. The summed E-state index contributed by atoms with van der Waals surface area (Å²) in [5, 5.41) is 5.31. The summed E-state index contributed by atoms with van der Waals surface area (Å²) in [7, 11) is 0. The minimum Gasteiger partial charge on any atom is -0.455 e. The second-order valence-electron chi connectivity index (χ2n) is 7.63. The largest absolute Gasteiger partial charge is 0.455 e. The van der Waals surface area contributed by atoms with Gasteiger partial charge in [-0.3, -0.25) is 4.79 Å². The van der Waals surface area contributed by atoms with E-state index < -0.39 is 11.8 Å². The summed E-state index contributed by atoms with van der Waals surface area (Å²) in [6, 6.07) is 12.9. The normalized spacial score (nSPS) is 14.7. The average Bonchev–Trinajstić information content (AvgIpc) is 2.77. The first kappa shape index (κ1) is 22.6. The molecule has 166 valence electrons. The molecule has 1 saturated heterocycles. The van der Waals surface area contributed by atoms with Crippen LogP contribution in [0.1, 0.15) is 25.7 Å². The van der Waals surface area contributed by atoms with Crippen molar-refractivity contribution in [1.82, 2.24) is 10.2 Å². The van der Waals surface area contributed by atoms with E-state index in [1.165, 1.54) is 12.1 Å². The first-order chi connectivity index (χ1) is 15.0. The van der Waals surface area contributed by atoms with Crippen LogP contribution >= 0.6 is 0 Å². The molecule has 0 aliphatic carbocycles. The minimum atomic E-state index is -0.567. The first-order valence-corrected chi connectivity index (χ1v) is 10.6. The molecular formula is C23H29FN4O3. The number of primary amides is 1. The van der Waals surface area contributed by atoms with Crippen LogP contribution in [0.15, 0.2) is 48.5 Å². The van der Waals surface area contributed by atoms with Gasteiger partial charge in [0, 0.05) is 12.5 Å². The molecule has 2 aromatic carbocycles. The van der Waals surface area contributed by atoms with Crippen LogP contribution in [-0.4, -0.2) is 43.0 Å². The van der Waals surface area contributed by atoms with Gasteiger partial charge in [-0.05, 0) is 69.6 Å². The topological polar surface area (TPSA) is 96.7 Å². The maximum Gasteiger partial charge on any atom is 0.319 e. The van der Waals surface area contributed by atoms with E-state index in [4.69, 9.17) is 10.5 Å². The maximum atomic E-state index is 14.3. The van der Waals surface area contributed by atoms with Crippen molar-refractivity contribution in [3.63, 3.8) is 0 Å². The third kappa shape index (κ3) is 6.96. The molecule has 0 saturated carbocycles. The van der Waals surface area contributed by atoms with E-state index in [2.05, 4.69) is 15.5 Å². The highest BCUT2D eigenvalue weighted by molar-refractivity contribution is 5.91. The molecule has 1 fully saturated rings. The fourth-order valence-corrected chi connectivity index (χ4v) is 3.59. The number of nitrogens with one attached hydrogen (secondary N) is 2. The summed E-state index contributed by atoms with van der Waals surface area (Å²) < 4.78 is 20.0. The minimum absolute atomic E-state index is 0.00109. The molecule has 3 amide bonds. The molecule has 8 heteroatoms. The van der Waals surface area contributed by atoms with Crippen LogP contribution in [0, 0.1) is 11.7 Å². The van der Waals surface area contributed by atoms with Crippen LogP contribution in [0.25, 0.3) is 0 Å². The fourth-order valence-electron chi connectivity index (χ4n) is 3.59. The van der Waals surface area contributed by atoms with E-state index in [1.807, 2.05) is 18.2 Å². The number of nitrogens with zero attached hydrogens (tertiary/aromatic N) is 1. The molecule has 31 heavy (non-hydrogen) atoms. The van der Waals surface area contributed by atoms with Gasteiger partial charge < -0.3 is 26.0 Å². The molecule has 1 heterocycles. The number of carbonyl (C=O) groups excluding carboxylic acids is 2. The predicted octanol–water partition coefficient (Wildman–Crippen LogP) is 3.72. The van der Waals surface area contributed by atoms with Gasteiger partial charge in [-0.1, -0.05) is 24.3 Å². The predicted molar refractivity (Wildman–Crippen MR) is 118 cm³/mol. The molecule has 7 nitrogen and oxygen atoms in total. The van der Waals surface area contributed by atoms with Gasteiger partial charge in [-0.2, -0.15) is 0 Å². The third-order valence-corrected chi connectivity index (χ3v) is 5.36. The molecule has 0 spiro atoms. The lowest BCUT2D eigenvalue weighted by Crippen LogP contribution is -2.39. The van der Waals surface area contributed by atoms with Crippen LogP contribution < -0.4 is 21.1 Å². The Kier molecular flexibility index (Phi) is 8.23. The fraction of sp³-hybridized carbons (Fsp3) is 0.391. The molecule has 2 aromatic rings. The number of ether oxygens (including phenoxy) is 1. The van der Waals surface area contributed by atoms with E-state index in [9.17, 15) is 14.0 Å². The highest BCUT2D eigenvalue weighted by atomic mass is 19.1. The van der Waals surface area contributed by atoms with E-state index in [0.29, 0.717) is 12.3 Å². The number of carbonyl (C=O) groups is 2. The van der Waals surface area contributed by atoms with Crippen LogP contribution in [0.3, 0.4) is 0 Å². The standard InChI is InChI=1S/C23H29FN4O3/c24-19-9-6-10-20(31-18-7-2-1-3-8-18)21(19)27-23(30)26-13-4-5-14-28-15-11-17(12-16-28)22(25)29/h1-3,6-10,17H,4-5,11-16H2,(H2,25,29)(H2,26,27,30). The second-order valence-corrected chi connectivity index (χ2v) is 7.63. The number of halogens is 1. The molecule has 1 aliphatic heterocycles. The van der Waals surface area contributed by atoms with Crippen LogP contribution in [0.2, 0.25) is 0 Å². The zero-order chi connectivity index (χ0) is 22.1. The van der Waals surface area contributed by atoms with E-state index >= 15 is 0 Å². The van der Waals surface area contributed by atoms with Crippen molar-refractivity contribution in [2.24, 2.45) is 11.7 Å². The number of piperidine rings is 1. The number of nitrogens with two attached hydrogens (primary N) is 1. The van der Waals surface area contributed by atoms with E-state index in [-0.39, 0.29) is 23.3 Å². The lowest BCUT2D eigenvalue weighted by molar-refractivity contribution is -0.123. The molecule has 0 bridgehead atoms. The van der Waals surface area contributed by atoms with Gasteiger partial charge in [0.05, 0.1) is 0 Å². The van der Waals surface area contributed by atoms with Gasteiger partial charge in [0.2, 0.25) is 5.91 Å². The highest BCUT2D eigenvalue weighted by Crippen LogP contribution is 2.31. The number of para-hydroxylation sites is 2. The summed E-state index contributed by atoms with van der Waals surface area (Å²) in [5.41, 5.74) is 5.36. The van der Waals surface area contributed by atoms with Gasteiger partial charge in [-0.15, -0.1) is 0 Å². The van der Waals surface area contributed by atoms with Crippen LogP contribution in [-0.2, 0) is 4.79 Å². The smallest absolute Gasteiger partial charge is 0.319 e. The van der Waals surface area contributed by atoms with Crippen molar-refractivity contribution in [3.05, 3.63) is 54.3 Å². The van der Waals surface area contributed by atoms with E-state index in [0.717, 1.165) is 45.3 Å². The van der Waals surface area contributed by atoms with Crippen molar-refractivity contribution in [2.75, 3.05) is 31.5 Å². The Balaban J connectivity index is 1.40. The monoisotopic (exact) mass is 428 g/mol. The number of amides is 3. The highest BCUT2D eigenvalue weighted by Gasteiger charge is 2.22. The molecule has 0 unspecified atom stereocenters. The first-order valence-electron chi connectivity index (χ1n) is 10.6. The number of unbranched alkanes of at least 4 members (excludes halogenated alkanes) is 1. The van der Waals surface area contributed by atoms with Crippen molar-refractivity contribution >= 4 is 17.6 Å². The third-order valence-electron chi connectivity index (χ3n) is 5.36. The van der Waals surface area contributed by atoms with Gasteiger partial charge >= 0.3 is 6.03 Å². The number of benzene rings is 2. The van der Waals surface area contributed by atoms with Crippen molar-refractivity contribution in [3.8, 4) is 11.5 Å². The van der Waals surface area contributed by atoms with Gasteiger partial charge in [0.25, 0.3) is 0 Å². The number of anilines is 1. The van der Waals surface area contributed by atoms with Crippen LogP contribution in [0.4, 0.5) is 14.9 Å². The molecule has 0 aromatic heterocycles. The Labute approximate surface area is 181 Å². The summed E-state index contributed by atoms with van der Waals surface area (Å²) in [6.07, 6.45) is 3.34. The average molecular weight is 429 g/mol. The van der Waals surface area contributed by atoms with Crippen LogP contribution in [0.5, 0.6) is 11.5 Å². The molecule has 1 aliphatic rings. The summed E-state index contributed by atoms with van der Waals surface area (Å²) in [4.78, 5) is 25.8. The van der Waals surface area contributed by atoms with Gasteiger partial charge in [0.1, 0.15) is 11.4 Å². The Morgan fingerprint density at radius 3 is 2.52 bits per heavy atom. The number of rotatable bonds is 9. The molecule has 4 N–H and O–H groups in total. The maximum absolute atomic E-state index is 14.3. The second kappa shape index (κ2) is 11.3. The van der Waals surface area contributed by atoms with Crippen molar-refractivity contribution in [2.45, 2.75) is 25.7 Å². The Morgan fingerprint density at radius 2 is 1.81 bits per heavy atom. The van der Waals surface area contributed by atoms with Gasteiger partial charge in [-0.25, -0.2) is 9.18 Å². The number of urea groups is 1. The van der Waals surface area contributed by atoms with Crippen molar-refractivity contribution < 1.29 is 18.7 Å². The zero-order valence-electron chi connectivity index (χ0n) is 17.5. The van der Waals surface area contributed by atoms with E-state index in [1.54, 1.807) is 18.2 Å². The number of likely N-dealkylation sites (tertiary alicyclic amines) is 1. The molecule has 0 atom stereocenters. The Hall–Kier alpha value is -3.13. The lowest BCUT2D eigenvalue weighted by atomic mass is 9.96. The quantitative estimate of drug-likeness (QED) is 0.531. The Morgan fingerprint density at radius 1 is 1.06 bits per heavy atom. The zero-order valence-corrected chi connectivity index (χ0v) is 17.5. The summed E-state index contributed by atoms with van der Waals surface area (Å²) in [5.74, 6) is 0.0119. The number of hydrogen-bond donors (Lipinski definition) is 3. The number of hydrogen-bond acceptors (Lipinski definition) is 4.